The number of H-pyrrole nitrogens is 1. The molecule has 0 radical (unpaired) electrons. The minimum atomic E-state index is -1.18. The SMILES string of the molecule is CC1(O)c2ccccc2C(=O)C1c1c[nH]c2ccccc12. The molecule has 0 fully saturated rings. The Hall–Kier alpha value is -2.39. The lowest BCUT2D eigenvalue weighted by atomic mass is 9.83. The second kappa shape index (κ2) is 4.06. The summed E-state index contributed by atoms with van der Waals surface area (Å²) >= 11 is 0. The maximum absolute atomic E-state index is 12.8. The van der Waals surface area contributed by atoms with Crippen molar-refractivity contribution in [2.24, 2.45) is 0 Å². The number of rotatable bonds is 1. The number of aromatic nitrogens is 1. The van der Waals surface area contributed by atoms with Crippen LogP contribution in [0.5, 0.6) is 0 Å². The number of aliphatic hydroxyl groups is 1. The normalized spacial score (nSPS) is 24.5. The summed E-state index contributed by atoms with van der Waals surface area (Å²) in [6.45, 7) is 1.73. The Morgan fingerprint density at radius 1 is 1.10 bits per heavy atom. The number of carbonyl (C=O) groups excluding carboxylic acids is 1. The van der Waals surface area contributed by atoms with Crippen LogP contribution in [-0.2, 0) is 5.60 Å². The zero-order valence-electron chi connectivity index (χ0n) is 11.6. The number of benzene rings is 2. The first-order chi connectivity index (χ1) is 10.1. The van der Waals surface area contributed by atoms with Crippen LogP contribution in [0, 0.1) is 0 Å². The molecule has 3 aromatic rings. The van der Waals surface area contributed by atoms with Gasteiger partial charge in [0.25, 0.3) is 0 Å². The molecule has 1 aliphatic rings. The van der Waals surface area contributed by atoms with Crippen LogP contribution in [-0.4, -0.2) is 15.9 Å². The van der Waals surface area contributed by atoms with Crippen molar-refractivity contribution in [2.45, 2.75) is 18.4 Å². The van der Waals surface area contributed by atoms with Gasteiger partial charge in [-0.2, -0.15) is 0 Å². The molecule has 4 rings (SSSR count). The minimum absolute atomic E-state index is 0.0136. The molecule has 0 saturated carbocycles. The second-order valence-corrected chi connectivity index (χ2v) is 5.78. The van der Waals surface area contributed by atoms with Crippen molar-refractivity contribution in [1.82, 2.24) is 4.98 Å². The minimum Gasteiger partial charge on any atom is -0.384 e. The molecular formula is C18H15NO2. The number of Topliss-reactive ketones (excluding diaryl/α,β-unsaturated/α-hetero) is 1. The van der Waals surface area contributed by atoms with E-state index in [1.54, 1.807) is 13.0 Å². The lowest BCUT2D eigenvalue weighted by molar-refractivity contribution is 0.0368. The number of aromatic amines is 1. The van der Waals surface area contributed by atoms with Gasteiger partial charge in [-0.05, 0) is 24.1 Å². The average Bonchev–Trinajstić information content (AvgIpc) is 2.98. The summed E-state index contributed by atoms with van der Waals surface area (Å²) in [5.41, 5.74) is 1.99. The van der Waals surface area contributed by atoms with Gasteiger partial charge in [0.05, 0.1) is 5.92 Å². The van der Waals surface area contributed by atoms with Crippen LogP contribution in [0.3, 0.4) is 0 Å². The summed E-state index contributed by atoms with van der Waals surface area (Å²) < 4.78 is 0. The Morgan fingerprint density at radius 2 is 1.81 bits per heavy atom. The molecule has 104 valence electrons. The maximum Gasteiger partial charge on any atom is 0.174 e. The predicted molar refractivity (Wildman–Crippen MR) is 81.4 cm³/mol. The van der Waals surface area contributed by atoms with E-state index in [0.29, 0.717) is 11.1 Å². The molecule has 3 nitrogen and oxygen atoms in total. The molecule has 2 unspecified atom stereocenters. The third kappa shape index (κ3) is 1.55. The lowest BCUT2D eigenvalue weighted by Gasteiger charge is -2.25. The zero-order valence-corrected chi connectivity index (χ0v) is 11.6. The van der Waals surface area contributed by atoms with E-state index in [4.69, 9.17) is 0 Å². The molecular weight excluding hydrogens is 262 g/mol. The van der Waals surface area contributed by atoms with Gasteiger partial charge in [0.15, 0.2) is 5.78 Å². The highest BCUT2D eigenvalue weighted by molar-refractivity contribution is 6.08. The summed E-state index contributed by atoms with van der Waals surface area (Å²) in [6, 6.07) is 15.2. The number of para-hydroxylation sites is 1. The molecule has 0 spiro atoms. The van der Waals surface area contributed by atoms with Crippen molar-refractivity contribution in [1.29, 1.82) is 0 Å². The Bertz CT molecular complexity index is 860. The molecule has 2 aromatic carbocycles. The highest BCUT2D eigenvalue weighted by Crippen LogP contribution is 2.48. The number of fused-ring (bicyclic) bond motifs is 2. The molecule has 1 aliphatic carbocycles. The van der Waals surface area contributed by atoms with E-state index in [2.05, 4.69) is 4.98 Å². The van der Waals surface area contributed by atoms with E-state index in [9.17, 15) is 9.90 Å². The highest BCUT2D eigenvalue weighted by atomic mass is 16.3. The van der Waals surface area contributed by atoms with Crippen LogP contribution in [0.2, 0.25) is 0 Å². The van der Waals surface area contributed by atoms with Crippen molar-refractivity contribution in [3.8, 4) is 0 Å². The largest absolute Gasteiger partial charge is 0.384 e. The molecule has 0 amide bonds. The standard InChI is InChI=1S/C18H15NO2/c1-18(21)14-8-4-2-7-12(14)17(20)16(18)13-10-19-15-9-5-3-6-11(13)15/h2-10,16,19,21H,1H3. The van der Waals surface area contributed by atoms with Crippen LogP contribution < -0.4 is 0 Å². The van der Waals surface area contributed by atoms with Crippen molar-refractivity contribution in [2.75, 3.05) is 0 Å². The smallest absolute Gasteiger partial charge is 0.174 e. The fourth-order valence-electron chi connectivity index (χ4n) is 3.48. The maximum atomic E-state index is 12.8. The number of hydrogen-bond donors (Lipinski definition) is 2. The topological polar surface area (TPSA) is 53.1 Å². The molecule has 0 aliphatic heterocycles. The fourth-order valence-corrected chi connectivity index (χ4v) is 3.48. The van der Waals surface area contributed by atoms with E-state index >= 15 is 0 Å². The zero-order chi connectivity index (χ0) is 14.6. The summed E-state index contributed by atoms with van der Waals surface area (Å²) in [7, 11) is 0. The summed E-state index contributed by atoms with van der Waals surface area (Å²) in [6.07, 6.45) is 1.84. The van der Waals surface area contributed by atoms with Crippen molar-refractivity contribution < 1.29 is 9.90 Å². The van der Waals surface area contributed by atoms with Crippen LogP contribution >= 0.6 is 0 Å². The highest BCUT2D eigenvalue weighted by Gasteiger charge is 2.49. The molecule has 2 atom stereocenters. The molecule has 0 saturated heterocycles. The van der Waals surface area contributed by atoms with Gasteiger partial charge < -0.3 is 10.1 Å². The van der Waals surface area contributed by atoms with Gasteiger partial charge in [0, 0.05) is 22.7 Å². The number of hydrogen-bond acceptors (Lipinski definition) is 2. The van der Waals surface area contributed by atoms with E-state index < -0.39 is 11.5 Å². The van der Waals surface area contributed by atoms with Crippen molar-refractivity contribution >= 4 is 16.7 Å². The Labute approximate surface area is 122 Å². The van der Waals surface area contributed by atoms with Crippen molar-refractivity contribution in [3.63, 3.8) is 0 Å². The molecule has 3 heteroatoms. The Balaban J connectivity index is 1.96. The third-order valence-electron chi connectivity index (χ3n) is 4.49. The number of ketones is 1. The monoisotopic (exact) mass is 277 g/mol. The lowest BCUT2D eigenvalue weighted by Crippen LogP contribution is -2.27. The summed E-state index contributed by atoms with van der Waals surface area (Å²) in [5.74, 6) is -0.577. The Kier molecular flexibility index (Phi) is 2.39. The van der Waals surface area contributed by atoms with Crippen molar-refractivity contribution in [3.05, 3.63) is 71.4 Å². The van der Waals surface area contributed by atoms with Gasteiger partial charge in [-0.25, -0.2) is 0 Å². The fraction of sp³-hybridized carbons (Fsp3) is 0.167. The van der Waals surface area contributed by atoms with E-state index in [1.165, 1.54) is 0 Å². The average molecular weight is 277 g/mol. The van der Waals surface area contributed by atoms with E-state index in [-0.39, 0.29) is 5.78 Å². The molecule has 1 aromatic heterocycles. The number of nitrogens with one attached hydrogen (secondary N) is 1. The van der Waals surface area contributed by atoms with Gasteiger partial charge in [-0.15, -0.1) is 0 Å². The predicted octanol–water partition coefficient (Wildman–Crippen LogP) is 3.36. The first-order valence-electron chi connectivity index (χ1n) is 7.03. The van der Waals surface area contributed by atoms with Gasteiger partial charge in [0.2, 0.25) is 0 Å². The van der Waals surface area contributed by atoms with Crippen LogP contribution in [0.4, 0.5) is 0 Å². The number of carbonyl (C=O) groups is 1. The van der Waals surface area contributed by atoms with Gasteiger partial charge in [-0.3, -0.25) is 4.79 Å². The second-order valence-electron chi connectivity index (χ2n) is 5.78. The summed E-state index contributed by atoms with van der Waals surface area (Å²) in [4.78, 5) is 16.0. The first-order valence-corrected chi connectivity index (χ1v) is 7.03. The van der Waals surface area contributed by atoms with E-state index in [0.717, 1.165) is 16.5 Å². The van der Waals surface area contributed by atoms with E-state index in [1.807, 2.05) is 48.7 Å². The third-order valence-corrected chi connectivity index (χ3v) is 4.49. The molecule has 21 heavy (non-hydrogen) atoms. The van der Waals surface area contributed by atoms with Crippen LogP contribution in [0.15, 0.2) is 54.7 Å². The molecule has 0 bridgehead atoms. The quantitative estimate of drug-likeness (QED) is 0.716. The van der Waals surface area contributed by atoms with Gasteiger partial charge in [-0.1, -0.05) is 42.5 Å². The molecule has 2 N–H and O–H groups in total. The first kappa shape index (κ1) is 12.4. The van der Waals surface area contributed by atoms with Gasteiger partial charge >= 0.3 is 0 Å². The summed E-state index contributed by atoms with van der Waals surface area (Å²) in [5, 5.41) is 12.0. The Morgan fingerprint density at radius 3 is 2.62 bits per heavy atom. The van der Waals surface area contributed by atoms with Gasteiger partial charge in [0.1, 0.15) is 5.60 Å². The van der Waals surface area contributed by atoms with Crippen LogP contribution in [0.1, 0.15) is 34.3 Å². The van der Waals surface area contributed by atoms with Crippen LogP contribution in [0.25, 0.3) is 10.9 Å². The molecule has 1 heterocycles.